The second kappa shape index (κ2) is 9.84. The van der Waals surface area contributed by atoms with Gasteiger partial charge >= 0.3 is 6.18 Å². The molecule has 0 saturated carbocycles. The number of carbonyl (C=O) groups is 1. The minimum atomic E-state index is -4.39. The molecule has 1 saturated heterocycles. The van der Waals surface area contributed by atoms with Crippen LogP contribution >= 0.6 is 0 Å². The van der Waals surface area contributed by atoms with Crippen molar-refractivity contribution in [2.75, 3.05) is 42.9 Å². The van der Waals surface area contributed by atoms with E-state index in [0.717, 1.165) is 35.0 Å². The summed E-state index contributed by atoms with van der Waals surface area (Å²) < 4.78 is 40.0. The topological polar surface area (TPSA) is 66.3 Å². The van der Waals surface area contributed by atoms with E-state index in [1.807, 2.05) is 53.8 Å². The maximum Gasteiger partial charge on any atom is 0.417 e. The van der Waals surface area contributed by atoms with Crippen molar-refractivity contribution in [3.05, 3.63) is 65.6 Å². The van der Waals surface area contributed by atoms with E-state index in [1.54, 1.807) is 0 Å². The molecule has 1 aliphatic heterocycles. The number of hydrogen-bond donors (Lipinski definition) is 1. The second-order valence-electron chi connectivity index (χ2n) is 8.32. The molecule has 0 radical (unpaired) electrons. The monoisotopic (exact) mass is 472 g/mol. The smallest absolute Gasteiger partial charge is 0.354 e. The largest absolute Gasteiger partial charge is 0.417 e. The zero-order chi connectivity index (χ0) is 24.3. The summed E-state index contributed by atoms with van der Waals surface area (Å²) in [5, 5.41) is 7.56. The number of halogens is 3. The van der Waals surface area contributed by atoms with E-state index in [9.17, 15) is 18.0 Å². The van der Waals surface area contributed by atoms with Crippen LogP contribution < -0.4 is 10.2 Å². The third-order valence-corrected chi connectivity index (χ3v) is 5.98. The minimum absolute atomic E-state index is 0.0781. The predicted octanol–water partition coefficient (Wildman–Crippen LogP) is 4.05. The summed E-state index contributed by atoms with van der Waals surface area (Å²) in [6, 6.07) is 12.2. The molecule has 1 aliphatic rings. The molecule has 0 aliphatic carbocycles. The van der Waals surface area contributed by atoms with Crippen LogP contribution in [0.15, 0.2) is 48.7 Å². The van der Waals surface area contributed by atoms with Gasteiger partial charge in [0.2, 0.25) is 5.91 Å². The number of aryl methyl sites for hydroxylation is 1. The number of rotatable bonds is 6. The van der Waals surface area contributed by atoms with Crippen molar-refractivity contribution < 1.29 is 18.0 Å². The molecule has 3 heterocycles. The summed E-state index contributed by atoms with van der Waals surface area (Å²) in [4.78, 5) is 20.7. The molecule has 7 nitrogen and oxygen atoms in total. The lowest BCUT2D eigenvalue weighted by Crippen LogP contribution is -2.47. The lowest BCUT2D eigenvalue weighted by Gasteiger charge is -2.35. The van der Waals surface area contributed by atoms with Crippen molar-refractivity contribution in [1.82, 2.24) is 19.7 Å². The van der Waals surface area contributed by atoms with Crippen LogP contribution in [0.2, 0.25) is 0 Å². The normalized spacial score (nSPS) is 14.9. The second-order valence-corrected chi connectivity index (χ2v) is 8.32. The van der Waals surface area contributed by atoms with Gasteiger partial charge in [-0.3, -0.25) is 9.69 Å². The van der Waals surface area contributed by atoms with Crippen molar-refractivity contribution >= 4 is 17.4 Å². The molecule has 0 unspecified atom stereocenters. The lowest BCUT2D eigenvalue weighted by molar-refractivity contribution is -0.137. The number of carbonyl (C=O) groups excluding carboxylic acids is 1. The van der Waals surface area contributed by atoms with E-state index in [0.29, 0.717) is 45.0 Å². The van der Waals surface area contributed by atoms with Crippen LogP contribution in [0, 0.1) is 13.8 Å². The van der Waals surface area contributed by atoms with E-state index in [-0.39, 0.29) is 5.91 Å². The number of nitrogens with zero attached hydrogens (tertiary/aromatic N) is 5. The first-order valence-electron chi connectivity index (χ1n) is 11.1. The highest BCUT2D eigenvalue weighted by atomic mass is 19.4. The van der Waals surface area contributed by atoms with Gasteiger partial charge in [-0.25, -0.2) is 9.67 Å². The number of alkyl halides is 3. The molecule has 0 spiro atoms. The standard InChI is InChI=1S/C24H27F3N6O/c1-17-23(18(2)33(30-17)20-6-4-3-5-7-20)29-22(34)10-11-31-12-14-32(15-13-31)21-9-8-19(16-28-21)24(25,26)27/h3-9,16H,10-15H2,1-2H3,(H,29,34). The number of pyridine rings is 1. The third kappa shape index (κ3) is 5.39. The van der Waals surface area contributed by atoms with Gasteiger partial charge in [0.05, 0.1) is 28.3 Å². The van der Waals surface area contributed by atoms with Gasteiger partial charge in [0.25, 0.3) is 0 Å². The molecule has 3 aromatic rings. The van der Waals surface area contributed by atoms with E-state index in [4.69, 9.17) is 0 Å². The maximum atomic E-state index is 12.7. The van der Waals surface area contributed by atoms with Gasteiger partial charge < -0.3 is 10.2 Å². The van der Waals surface area contributed by atoms with Gasteiger partial charge in [-0.2, -0.15) is 18.3 Å². The molecule has 180 valence electrons. The fourth-order valence-corrected chi connectivity index (χ4v) is 4.05. The highest BCUT2D eigenvalue weighted by Gasteiger charge is 2.31. The Morgan fingerprint density at radius 1 is 1.03 bits per heavy atom. The summed E-state index contributed by atoms with van der Waals surface area (Å²) in [7, 11) is 0. The zero-order valence-corrected chi connectivity index (χ0v) is 19.1. The number of para-hydroxylation sites is 1. The Kier molecular flexibility index (Phi) is 6.87. The maximum absolute atomic E-state index is 12.7. The Labute approximate surface area is 196 Å². The lowest BCUT2D eigenvalue weighted by atomic mass is 10.2. The van der Waals surface area contributed by atoms with Gasteiger partial charge in [-0.1, -0.05) is 18.2 Å². The number of aromatic nitrogens is 3. The van der Waals surface area contributed by atoms with Gasteiger partial charge in [-0.05, 0) is 38.1 Å². The fraction of sp³-hybridized carbons (Fsp3) is 0.375. The van der Waals surface area contributed by atoms with Crippen molar-refractivity contribution in [1.29, 1.82) is 0 Å². The van der Waals surface area contributed by atoms with E-state index in [1.165, 1.54) is 6.07 Å². The molecule has 2 aromatic heterocycles. The van der Waals surface area contributed by atoms with Gasteiger partial charge in [0.1, 0.15) is 5.82 Å². The quantitative estimate of drug-likeness (QED) is 0.586. The summed E-state index contributed by atoms with van der Waals surface area (Å²) in [6.07, 6.45) is -3.17. The molecule has 1 N–H and O–H groups in total. The van der Waals surface area contributed by atoms with Crippen molar-refractivity contribution in [3.63, 3.8) is 0 Å². The summed E-state index contributed by atoms with van der Waals surface area (Å²) in [5.41, 5.74) is 2.54. The Balaban J connectivity index is 1.27. The first-order valence-corrected chi connectivity index (χ1v) is 11.1. The number of benzene rings is 1. The van der Waals surface area contributed by atoms with E-state index in [2.05, 4.69) is 20.3 Å². The highest BCUT2D eigenvalue weighted by molar-refractivity contribution is 5.92. The summed E-state index contributed by atoms with van der Waals surface area (Å²) >= 11 is 0. The van der Waals surface area contributed by atoms with Crippen LogP contribution in [0.5, 0.6) is 0 Å². The molecule has 0 bridgehead atoms. The number of anilines is 2. The van der Waals surface area contributed by atoms with E-state index >= 15 is 0 Å². The Hall–Kier alpha value is -3.40. The SMILES string of the molecule is Cc1nn(-c2ccccc2)c(C)c1NC(=O)CCN1CCN(c2ccc(C(F)(F)F)cn2)CC1. The van der Waals surface area contributed by atoms with Crippen LogP contribution in [0.1, 0.15) is 23.4 Å². The number of nitrogens with one attached hydrogen (secondary N) is 1. The van der Waals surface area contributed by atoms with Crippen LogP contribution in [0.25, 0.3) is 5.69 Å². The van der Waals surface area contributed by atoms with Crippen LogP contribution in [0.4, 0.5) is 24.7 Å². The highest BCUT2D eigenvalue weighted by Crippen LogP contribution is 2.29. The third-order valence-electron chi connectivity index (χ3n) is 5.98. The predicted molar refractivity (Wildman–Crippen MR) is 124 cm³/mol. The molecule has 4 rings (SSSR count). The first kappa shape index (κ1) is 23.7. The number of amides is 1. The summed E-state index contributed by atoms with van der Waals surface area (Å²) in [6.45, 7) is 7.10. The van der Waals surface area contributed by atoms with Gasteiger partial charge in [-0.15, -0.1) is 0 Å². The average Bonchev–Trinajstić information content (AvgIpc) is 3.11. The molecule has 0 atom stereocenters. The van der Waals surface area contributed by atoms with Crippen molar-refractivity contribution in [2.45, 2.75) is 26.4 Å². The molecule has 1 amide bonds. The molecular weight excluding hydrogens is 445 g/mol. The average molecular weight is 473 g/mol. The minimum Gasteiger partial charge on any atom is -0.354 e. The van der Waals surface area contributed by atoms with Crippen molar-refractivity contribution in [3.8, 4) is 5.69 Å². The van der Waals surface area contributed by atoms with Crippen LogP contribution in [-0.2, 0) is 11.0 Å². The molecular formula is C24H27F3N6O. The van der Waals surface area contributed by atoms with Crippen molar-refractivity contribution in [2.24, 2.45) is 0 Å². The Morgan fingerprint density at radius 3 is 2.35 bits per heavy atom. The number of piperazine rings is 1. The Morgan fingerprint density at radius 2 is 1.74 bits per heavy atom. The first-order chi connectivity index (χ1) is 16.2. The number of hydrogen-bond acceptors (Lipinski definition) is 5. The molecule has 1 fully saturated rings. The van der Waals surface area contributed by atoms with Crippen LogP contribution in [0.3, 0.4) is 0 Å². The van der Waals surface area contributed by atoms with Crippen LogP contribution in [-0.4, -0.2) is 58.3 Å². The summed E-state index contributed by atoms with van der Waals surface area (Å²) in [5.74, 6) is 0.456. The zero-order valence-electron chi connectivity index (χ0n) is 19.1. The molecule has 1 aromatic carbocycles. The molecule has 34 heavy (non-hydrogen) atoms. The van der Waals surface area contributed by atoms with E-state index < -0.39 is 11.7 Å². The fourth-order valence-electron chi connectivity index (χ4n) is 4.05. The molecule has 10 heteroatoms. The van der Waals surface area contributed by atoms with Gasteiger partial charge in [0, 0.05) is 45.3 Å². The van der Waals surface area contributed by atoms with Gasteiger partial charge in [0.15, 0.2) is 0 Å². The Bertz CT molecular complexity index is 1120.